The molecule has 10 aromatic carbocycles. The van der Waals surface area contributed by atoms with Crippen LogP contribution in [0.3, 0.4) is 0 Å². The molecular formula is C57H35N3O. The second kappa shape index (κ2) is 14.3. The van der Waals surface area contributed by atoms with Gasteiger partial charge in [0.2, 0.25) is 0 Å². The predicted molar refractivity (Wildman–Crippen MR) is 252 cm³/mol. The fraction of sp³-hybridized carbons (Fsp3) is 0. The highest BCUT2D eigenvalue weighted by Crippen LogP contribution is 2.44. The molecule has 4 nitrogen and oxygen atoms in total. The number of furan rings is 1. The van der Waals surface area contributed by atoms with Crippen LogP contribution in [0.4, 0.5) is 0 Å². The van der Waals surface area contributed by atoms with Crippen molar-refractivity contribution in [1.82, 2.24) is 15.0 Å². The Balaban J connectivity index is 1.03. The van der Waals surface area contributed by atoms with E-state index in [4.69, 9.17) is 19.4 Å². The first-order chi connectivity index (χ1) is 30.3. The van der Waals surface area contributed by atoms with Crippen molar-refractivity contribution in [2.45, 2.75) is 0 Å². The average Bonchev–Trinajstić information content (AvgIpc) is 3.73. The summed E-state index contributed by atoms with van der Waals surface area (Å²) in [7, 11) is 0. The van der Waals surface area contributed by atoms with E-state index >= 15 is 0 Å². The molecule has 0 amide bonds. The van der Waals surface area contributed by atoms with Gasteiger partial charge in [0.1, 0.15) is 11.2 Å². The monoisotopic (exact) mass is 777 g/mol. The summed E-state index contributed by atoms with van der Waals surface area (Å²) in [6.45, 7) is 0. The molecule has 0 radical (unpaired) electrons. The minimum atomic E-state index is 0.563. The molecular weight excluding hydrogens is 743 g/mol. The molecule has 61 heavy (non-hydrogen) atoms. The van der Waals surface area contributed by atoms with Gasteiger partial charge < -0.3 is 4.42 Å². The highest BCUT2D eigenvalue weighted by Gasteiger charge is 2.21. The standard InChI is InChI=1S/C57H35N3O/c1-3-16-36(17-4-1)38-30-31-45(40-21-8-7-20-39(38)40)46-32-33-47(42-23-10-9-22-41(42)46)48-34-35-51(44-25-12-11-24-43(44)48)56-58-55(37-18-5-2-6-19-37)59-57(60-56)52-28-15-27-50-49-26-13-14-29-53(49)61-54(50)52/h1-35H. The Morgan fingerprint density at radius 1 is 0.230 bits per heavy atom. The number of aromatic nitrogens is 3. The molecule has 12 aromatic rings. The summed E-state index contributed by atoms with van der Waals surface area (Å²) in [5.74, 6) is 1.77. The molecule has 2 heterocycles. The number of nitrogens with zero attached hydrogens (tertiary/aromatic N) is 3. The third-order valence-electron chi connectivity index (χ3n) is 12.0. The van der Waals surface area contributed by atoms with Gasteiger partial charge >= 0.3 is 0 Å². The summed E-state index contributed by atoms with van der Waals surface area (Å²) in [5, 5.41) is 9.16. The molecule has 0 N–H and O–H groups in total. The number of para-hydroxylation sites is 2. The molecule has 0 fully saturated rings. The van der Waals surface area contributed by atoms with Crippen LogP contribution >= 0.6 is 0 Å². The van der Waals surface area contributed by atoms with Gasteiger partial charge in [-0.05, 0) is 83.9 Å². The molecule has 4 heteroatoms. The summed E-state index contributed by atoms with van der Waals surface area (Å²) >= 11 is 0. The van der Waals surface area contributed by atoms with E-state index in [1.807, 2.05) is 60.7 Å². The SMILES string of the molecule is c1ccc(-c2nc(-c3ccc(-c4ccc(-c5ccc(-c6ccccc6)c6ccccc56)c5ccccc45)c4ccccc34)nc(-c3cccc4c3oc3ccccc34)n2)cc1. The van der Waals surface area contributed by atoms with Crippen LogP contribution in [-0.2, 0) is 0 Å². The maximum Gasteiger partial charge on any atom is 0.167 e. The molecule has 0 bridgehead atoms. The molecule has 0 aliphatic heterocycles. The maximum absolute atomic E-state index is 6.48. The summed E-state index contributed by atoms with van der Waals surface area (Å²) in [6, 6.07) is 74.8. The Kier molecular flexibility index (Phi) is 8.13. The first-order valence-electron chi connectivity index (χ1n) is 20.6. The second-order valence-electron chi connectivity index (χ2n) is 15.4. The van der Waals surface area contributed by atoms with E-state index in [1.165, 1.54) is 49.4 Å². The molecule has 2 aromatic heterocycles. The van der Waals surface area contributed by atoms with Gasteiger partial charge in [0.05, 0.1) is 5.56 Å². The van der Waals surface area contributed by atoms with Gasteiger partial charge in [-0.2, -0.15) is 0 Å². The first kappa shape index (κ1) is 34.8. The second-order valence-corrected chi connectivity index (χ2v) is 15.4. The summed E-state index contributed by atoms with van der Waals surface area (Å²) in [5.41, 5.74) is 11.5. The van der Waals surface area contributed by atoms with Crippen molar-refractivity contribution in [3.63, 3.8) is 0 Å². The first-order valence-corrected chi connectivity index (χ1v) is 20.6. The topological polar surface area (TPSA) is 51.8 Å². The fourth-order valence-electron chi connectivity index (χ4n) is 9.16. The zero-order valence-corrected chi connectivity index (χ0v) is 33.0. The van der Waals surface area contributed by atoms with Gasteiger partial charge in [-0.1, -0.05) is 194 Å². The normalized spacial score (nSPS) is 11.6. The van der Waals surface area contributed by atoms with Crippen molar-refractivity contribution in [2.24, 2.45) is 0 Å². The summed E-state index contributed by atoms with van der Waals surface area (Å²) in [6.07, 6.45) is 0. The highest BCUT2D eigenvalue weighted by atomic mass is 16.3. The lowest BCUT2D eigenvalue weighted by atomic mass is 9.87. The number of hydrogen-bond acceptors (Lipinski definition) is 4. The molecule has 284 valence electrons. The van der Waals surface area contributed by atoms with Gasteiger partial charge in [-0.15, -0.1) is 0 Å². The van der Waals surface area contributed by atoms with Crippen LogP contribution in [0, 0.1) is 0 Å². The van der Waals surface area contributed by atoms with E-state index in [0.29, 0.717) is 17.5 Å². The Hall–Kier alpha value is -8.21. The molecule has 0 aliphatic rings. The van der Waals surface area contributed by atoms with E-state index in [0.717, 1.165) is 55.0 Å². The molecule has 12 rings (SSSR count). The van der Waals surface area contributed by atoms with E-state index in [-0.39, 0.29) is 0 Å². The zero-order chi connectivity index (χ0) is 40.3. The third kappa shape index (κ3) is 5.80. The molecule has 0 saturated carbocycles. The van der Waals surface area contributed by atoms with Crippen molar-refractivity contribution >= 4 is 54.3 Å². The van der Waals surface area contributed by atoms with Crippen LogP contribution in [0.15, 0.2) is 217 Å². The highest BCUT2D eigenvalue weighted by molar-refractivity contribution is 6.15. The fourth-order valence-corrected chi connectivity index (χ4v) is 9.16. The van der Waals surface area contributed by atoms with Crippen molar-refractivity contribution in [2.75, 3.05) is 0 Å². The summed E-state index contributed by atoms with van der Waals surface area (Å²) in [4.78, 5) is 15.5. The lowest BCUT2D eigenvalue weighted by molar-refractivity contribution is 0.669. The van der Waals surface area contributed by atoms with Gasteiger partial charge in [0, 0.05) is 21.9 Å². The molecule has 0 atom stereocenters. The van der Waals surface area contributed by atoms with E-state index in [1.54, 1.807) is 0 Å². The maximum atomic E-state index is 6.48. The van der Waals surface area contributed by atoms with Crippen molar-refractivity contribution in [1.29, 1.82) is 0 Å². The lowest BCUT2D eigenvalue weighted by Gasteiger charge is -2.17. The van der Waals surface area contributed by atoms with E-state index < -0.39 is 0 Å². The smallest absolute Gasteiger partial charge is 0.167 e. The Bertz CT molecular complexity index is 3650. The van der Waals surface area contributed by atoms with Crippen LogP contribution < -0.4 is 0 Å². The largest absolute Gasteiger partial charge is 0.455 e. The Morgan fingerprint density at radius 2 is 0.607 bits per heavy atom. The minimum absolute atomic E-state index is 0.563. The van der Waals surface area contributed by atoms with Crippen LogP contribution in [0.5, 0.6) is 0 Å². The van der Waals surface area contributed by atoms with Gasteiger partial charge in [-0.3, -0.25) is 0 Å². The van der Waals surface area contributed by atoms with Crippen LogP contribution in [0.1, 0.15) is 0 Å². The minimum Gasteiger partial charge on any atom is -0.455 e. The van der Waals surface area contributed by atoms with Gasteiger partial charge in [0.15, 0.2) is 17.5 Å². The van der Waals surface area contributed by atoms with Crippen LogP contribution in [0.25, 0.3) is 122 Å². The zero-order valence-electron chi connectivity index (χ0n) is 33.0. The lowest BCUT2D eigenvalue weighted by Crippen LogP contribution is -2.01. The Morgan fingerprint density at radius 3 is 1.16 bits per heavy atom. The van der Waals surface area contributed by atoms with Crippen molar-refractivity contribution in [3.05, 3.63) is 212 Å². The van der Waals surface area contributed by atoms with E-state index in [2.05, 4.69) is 152 Å². The quantitative estimate of drug-likeness (QED) is 0.169. The van der Waals surface area contributed by atoms with Gasteiger partial charge in [-0.25, -0.2) is 15.0 Å². The van der Waals surface area contributed by atoms with Crippen LogP contribution in [-0.4, -0.2) is 15.0 Å². The number of rotatable bonds is 6. The molecule has 0 unspecified atom stereocenters. The molecule has 0 saturated heterocycles. The van der Waals surface area contributed by atoms with Gasteiger partial charge in [0.25, 0.3) is 0 Å². The number of hydrogen-bond donors (Lipinski definition) is 0. The van der Waals surface area contributed by atoms with Crippen molar-refractivity contribution < 1.29 is 4.42 Å². The predicted octanol–water partition coefficient (Wildman–Crippen LogP) is 15.2. The molecule has 0 spiro atoms. The average molecular weight is 778 g/mol. The van der Waals surface area contributed by atoms with Crippen LogP contribution in [0.2, 0.25) is 0 Å². The van der Waals surface area contributed by atoms with E-state index in [9.17, 15) is 0 Å². The number of fused-ring (bicyclic) bond motifs is 6. The third-order valence-corrected chi connectivity index (χ3v) is 12.0. The van der Waals surface area contributed by atoms with Crippen molar-refractivity contribution in [3.8, 4) is 67.5 Å². The Labute approximate surface area is 352 Å². The molecule has 0 aliphatic carbocycles. The number of benzene rings is 10. The summed E-state index contributed by atoms with van der Waals surface area (Å²) < 4.78 is 6.48.